The van der Waals surface area contributed by atoms with E-state index in [0.29, 0.717) is 0 Å². The first-order chi connectivity index (χ1) is 7.47. The second-order valence-electron chi connectivity index (χ2n) is 3.04. The lowest BCUT2D eigenvalue weighted by Gasteiger charge is -2.11. The number of pyridine rings is 1. The van der Waals surface area contributed by atoms with E-state index in [0.717, 1.165) is 6.20 Å². The molecule has 0 radical (unpaired) electrons. The van der Waals surface area contributed by atoms with Crippen LogP contribution >= 0.6 is 0 Å². The number of aromatic nitrogens is 1. The number of hydrogen-bond acceptors (Lipinski definition) is 3. The van der Waals surface area contributed by atoms with Crippen molar-refractivity contribution in [2.75, 3.05) is 0 Å². The van der Waals surface area contributed by atoms with Crippen molar-refractivity contribution in [3.05, 3.63) is 28.8 Å². The molecule has 88 valence electrons. The molecule has 0 unspecified atom stereocenters. The van der Waals surface area contributed by atoms with Crippen LogP contribution in [0.3, 0.4) is 0 Å². The van der Waals surface area contributed by atoms with Gasteiger partial charge in [0, 0.05) is 23.9 Å². The summed E-state index contributed by atoms with van der Waals surface area (Å²) < 4.78 is 38.5. The van der Waals surface area contributed by atoms with Crippen LogP contribution in [0.5, 0.6) is 0 Å². The van der Waals surface area contributed by atoms with Crippen LogP contribution in [-0.2, 0) is 17.8 Å². The number of alkyl halides is 2. The molecule has 0 atom stereocenters. The fourth-order valence-electron chi connectivity index (χ4n) is 1.34. The van der Waals surface area contributed by atoms with Gasteiger partial charge in [-0.25, -0.2) is 13.8 Å². The van der Waals surface area contributed by atoms with E-state index >= 15 is 0 Å². The first kappa shape index (κ1) is 12.4. The minimum Gasteiger partial charge on any atom is -0.481 e. The molecule has 0 amide bonds. The van der Waals surface area contributed by atoms with Crippen LogP contribution in [0, 0.1) is 5.95 Å². The van der Waals surface area contributed by atoms with E-state index in [1.807, 2.05) is 0 Å². The molecule has 1 heterocycles. The number of carboxylic acids is 1. The van der Waals surface area contributed by atoms with Gasteiger partial charge in [0.05, 0.1) is 6.42 Å². The first-order valence-corrected chi connectivity index (χ1v) is 4.33. The van der Waals surface area contributed by atoms with Gasteiger partial charge < -0.3 is 10.8 Å². The number of rotatable bonds is 4. The largest absolute Gasteiger partial charge is 0.481 e. The number of carbonyl (C=O) groups is 1. The maximum atomic E-state index is 13.1. The number of nitrogens with two attached hydrogens (primary N) is 1. The summed E-state index contributed by atoms with van der Waals surface area (Å²) in [4.78, 5) is 13.6. The summed E-state index contributed by atoms with van der Waals surface area (Å²) in [7, 11) is 0. The molecule has 0 bridgehead atoms. The van der Waals surface area contributed by atoms with Crippen molar-refractivity contribution in [2.45, 2.75) is 19.4 Å². The van der Waals surface area contributed by atoms with E-state index in [2.05, 4.69) is 4.98 Å². The van der Waals surface area contributed by atoms with E-state index in [9.17, 15) is 18.0 Å². The van der Waals surface area contributed by atoms with E-state index < -0.39 is 35.9 Å². The van der Waals surface area contributed by atoms with Crippen LogP contribution in [0.2, 0.25) is 0 Å². The van der Waals surface area contributed by atoms with E-state index in [4.69, 9.17) is 10.8 Å². The Kier molecular flexibility index (Phi) is 3.83. The van der Waals surface area contributed by atoms with Crippen molar-refractivity contribution in [2.24, 2.45) is 5.73 Å². The van der Waals surface area contributed by atoms with Crippen LogP contribution < -0.4 is 5.73 Å². The molecule has 0 saturated carbocycles. The number of nitrogens with zero attached hydrogens (tertiary/aromatic N) is 1. The van der Waals surface area contributed by atoms with Crippen molar-refractivity contribution in [3.8, 4) is 0 Å². The predicted octanol–water partition coefficient (Wildman–Crippen LogP) is 1.24. The zero-order valence-electron chi connectivity index (χ0n) is 8.08. The summed E-state index contributed by atoms with van der Waals surface area (Å²) in [5, 5.41) is 8.49. The summed E-state index contributed by atoms with van der Waals surface area (Å²) in [5.74, 6) is -2.60. The third kappa shape index (κ3) is 2.48. The van der Waals surface area contributed by atoms with Crippen LogP contribution in [0.25, 0.3) is 0 Å². The van der Waals surface area contributed by atoms with Gasteiger partial charge in [0.1, 0.15) is 0 Å². The standard InChI is InChI=1S/C9H9F3N2O2/c10-8(11)7-4(2-13)3-14-9(12)5(7)1-6(15)16/h3,8H,1-2,13H2,(H,15,16). The van der Waals surface area contributed by atoms with Crippen molar-refractivity contribution in [3.63, 3.8) is 0 Å². The minimum atomic E-state index is -2.98. The second-order valence-corrected chi connectivity index (χ2v) is 3.04. The highest BCUT2D eigenvalue weighted by Crippen LogP contribution is 2.28. The zero-order valence-corrected chi connectivity index (χ0v) is 8.08. The summed E-state index contributed by atoms with van der Waals surface area (Å²) in [5.41, 5.74) is 3.87. The topological polar surface area (TPSA) is 76.2 Å². The minimum absolute atomic E-state index is 0.0485. The Bertz CT molecular complexity index is 410. The Hall–Kier alpha value is -1.63. The van der Waals surface area contributed by atoms with E-state index in [1.165, 1.54) is 0 Å². The molecule has 0 fully saturated rings. The molecule has 1 aromatic heterocycles. The molecule has 0 aliphatic rings. The van der Waals surface area contributed by atoms with Gasteiger partial charge in [-0.2, -0.15) is 4.39 Å². The lowest BCUT2D eigenvalue weighted by Crippen LogP contribution is -2.13. The van der Waals surface area contributed by atoms with Gasteiger partial charge >= 0.3 is 5.97 Å². The summed E-state index contributed by atoms with van der Waals surface area (Å²) >= 11 is 0. The summed E-state index contributed by atoms with van der Waals surface area (Å²) in [6.07, 6.45) is -2.93. The van der Waals surface area contributed by atoms with Gasteiger partial charge in [-0.15, -0.1) is 0 Å². The number of hydrogen-bond donors (Lipinski definition) is 2. The van der Waals surface area contributed by atoms with E-state index in [1.54, 1.807) is 0 Å². The van der Waals surface area contributed by atoms with Crippen LogP contribution in [0.15, 0.2) is 6.20 Å². The molecule has 0 spiro atoms. The fourth-order valence-corrected chi connectivity index (χ4v) is 1.34. The first-order valence-electron chi connectivity index (χ1n) is 4.33. The Morgan fingerprint density at radius 2 is 2.19 bits per heavy atom. The Morgan fingerprint density at radius 3 is 2.62 bits per heavy atom. The van der Waals surface area contributed by atoms with Gasteiger partial charge in [0.15, 0.2) is 0 Å². The van der Waals surface area contributed by atoms with Crippen molar-refractivity contribution in [1.82, 2.24) is 4.98 Å². The smallest absolute Gasteiger partial charge is 0.308 e. The van der Waals surface area contributed by atoms with Gasteiger partial charge in [-0.3, -0.25) is 4.79 Å². The molecule has 1 aromatic rings. The molecule has 0 aromatic carbocycles. The number of carboxylic acid groups (broad SMARTS) is 1. The van der Waals surface area contributed by atoms with Crippen molar-refractivity contribution < 1.29 is 23.1 Å². The van der Waals surface area contributed by atoms with Crippen molar-refractivity contribution in [1.29, 1.82) is 0 Å². The fraction of sp³-hybridized carbons (Fsp3) is 0.333. The highest BCUT2D eigenvalue weighted by molar-refractivity contribution is 5.71. The molecule has 16 heavy (non-hydrogen) atoms. The predicted molar refractivity (Wildman–Crippen MR) is 48.4 cm³/mol. The molecular formula is C9H9F3N2O2. The SMILES string of the molecule is NCc1cnc(F)c(CC(=O)O)c1C(F)F. The normalized spacial score (nSPS) is 10.8. The second kappa shape index (κ2) is 4.93. The maximum Gasteiger partial charge on any atom is 0.308 e. The number of aliphatic carboxylic acids is 1. The third-order valence-electron chi connectivity index (χ3n) is 2.02. The molecule has 0 aliphatic heterocycles. The van der Waals surface area contributed by atoms with Crippen LogP contribution in [0.1, 0.15) is 23.1 Å². The van der Waals surface area contributed by atoms with Crippen LogP contribution in [-0.4, -0.2) is 16.1 Å². The zero-order chi connectivity index (χ0) is 12.3. The third-order valence-corrected chi connectivity index (χ3v) is 2.02. The Morgan fingerprint density at radius 1 is 1.56 bits per heavy atom. The van der Waals surface area contributed by atoms with Gasteiger partial charge in [-0.1, -0.05) is 0 Å². The average Bonchev–Trinajstić information content (AvgIpc) is 2.19. The molecule has 7 heteroatoms. The summed E-state index contributed by atoms with van der Waals surface area (Å²) in [6, 6.07) is 0. The molecule has 3 N–H and O–H groups in total. The average molecular weight is 234 g/mol. The lowest BCUT2D eigenvalue weighted by molar-refractivity contribution is -0.136. The quantitative estimate of drug-likeness (QED) is 0.768. The monoisotopic (exact) mass is 234 g/mol. The maximum absolute atomic E-state index is 13.1. The Labute approximate surface area is 88.9 Å². The van der Waals surface area contributed by atoms with Gasteiger partial charge in [0.2, 0.25) is 5.95 Å². The van der Waals surface area contributed by atoms with Gasteiger partial charge in [-0.05, 0) is 5.56 Å². The molecular weight excluding hydrogens is 225 g/mol. The Balaban J connectivity index is 3.35. The molecule has 4 nitrogen and oxygen atoms in total. The highest BCUT2D eigenvalue weighted by atomic mass is 19.3. The van der Waals surface area contributed by atoms with Crippen molar-refractivity contribution >= 4 is 5.97 Å². The highest BCUT2D eigenvalue weighted by Gasteiger charge is 2.23. The van der Waals surface area contributed by atoms with Crippen LogP contribution in [0.4, 0.5) is 13.2 Å². The van der Waals surface area contributed by atoms with E-state index in [-0.39, 0.29) is 12.1 Å². The summed E-state index contributed by atoms with van der Waals surface area (Å²) in [6.45, 7) is -0.250. The number of halogens is 3. The lowest BCUT2D eigenvalue weighted by atomic mass is 10.0. The van der Waals surface area contributed by atoms with Gasteiger partial charge in [0.25, 0.3) is 6.43 Å². The molecule has 1 rings (SSSR count). The molecule has 0 saturated heterocycles. The molecule has 0 aliphatic carbocycles.